The number of ether oxygens (including phenoxy) is 8. The monoisotopic (exact) mass is 1030 g/mol. The summed E-state index contributed by atoms with van der Waals surface area (Å²) < 4.78 is 124. The first-order valence-electron chi connectivity index (χ1n) is 24.3. The van der Waals surface area contributed by atoms with Crippen molar-refractivity contribution in [2.45, 2.75) is 82.1 Å². The van der Waals surface area contributed by atoms with Crippen LogP contribution < -0.4 is 10.1 Å². The quantitative estimate of drug-likeness (QED) is 0.0245. The van der Waals surface area contributed by atoms with E-state index in [1.54, 1.807) is 0 Å². The Kier molecular flexibility index (Phi) is 17.4. The Morgan fingerprint density at radius 3 is 1.45 bits per heavy atom. The lowest BCUT2D eigenvalue weighted by Gasteiger charge is -2.46. The Morgan fingerprint density at radius 2 is 0.947 bits per heavy atom. The Bertz CT molecular complexity index is 2940. The van der Waals surface area contributed by atoms with Crippen LogP contribution in [0.25, 0.3) is 11.1 Å². The van der Waals surface area contributed by atoms with Crippen LogP contribution in [-0.2, 0) is 64.4 Å². The smallest absolute Gasteiger partial charge is 0.407 e. The minimum atomic E-state index is -2.47. The summed E-state index contributed by atoms with van der Waals surface area (Å²) in [4.78, 5) is 28.2. The number of hydrogen-bond donors (Lipinski definition) is 1. The first-order chi connectivity index (χ1) is 36.5. The molecule has 0 radical (unpaired) electrons. The summed E-state index contributed by atoms with van der Waals surface area (Å²) in [5.41, 5.74) is 6.89. The molecule has 75 heavy (non-hydrogen) atoms. The second-order valence-corrected chi connectivity index (χ2v) is 17.9. The number of carbonyl (C=O) groups is 2. The molecule has 1 amide bonds. The van der Waals surface area contributed by atoms with E-state index in [0.717, 1.165) is 44.5 Å². The third-order valence-electron chi connectivity index (χ3n) is 12.9. The molecule has 7 atom stereocenters. The second-order valence-electron chi connectivity index (χ2n) is 17.9. The van der Waals surface area contributed by atoms with Crippen LogP contribution in [0.3, 0.4) is 0 Å². The van der Waals surface area contributed by atoms with Crippen molar-refractivity contribution in [3.63, 3.8) is 0 Å². The Labute approximate surface area is 430 Å². The summed E-state index contributed by atoms with van der Waals surface area (Å²) >= 11 is 0. The first kappa shape index (κ1) is 52.5. The molecule has 16 heteroatoms. The maximum atomic E-state index is 15.2. The van der Waals surface area contributed by atoms with E-state index in [1.807, 2.05) is 170 Å². The van der Waals surface area contributed by atoms with Gasteiger partial charge in [0.25, 0.3) is 0 Å². The zero-order chi connectivity index (χ0) is 52.3. The van der Waals surface area contributed by atoms with E-state index in [0.29, 0.717) is 0 Å². The maximum absolute atomic E-state index is 15.2. The lowest BCUT2D eigenvalue weighted by Crippen LogP contribution is -2.63. The zero-order valence-electron chi connectivity index (χ0n) is 40.5. The number of halogens is 5. The normalized spacial score (nSPS) is 18.9. The largest absolute Gasteiger partial charge is 0.449 e. The molecule has 1 fully saturated rings. The average Bonchev–Trinajstić information content (AvgIpc) is 3.78. The summed E-state index contributed by atoms with van der Waals surface area (Å²) in [5, 5.41) is 2.38. The van der Waals surface area contributed by atoms with Gasteiger partial charge in [-0.05, 0) is 51.4 Å². The summed E-state index contributed by atoms with van der Waals surface area (Å²) in [5.74, 6) is -16.0. The average molecular weight is 1030 g/mol. The van der Waals surface area contributed by atoms with Gasteiger partial charge in [0.15, 0.2) is 12.3 Å². The third-order valence-corrected chi connectivity index (χ3v) is 12.9. The van der Waals surface area contributed by atoms with Gasteiger partial charge in [-0.2, -0.15) is 8.78 Å². The molecule has 1 aliphatic carbocycles. The molecule has 1 heterocycles. The van der Waals surface area contributed by atoms with Crippen molar-refractivity contribution < 1.29 is 69.4 Å². The SMILES string of the molecule is C[C@@H](O[C@H]1O[C@H](COCc2ccccc2)[C@@H](OCc2ccccc2)[C@H](OCc2ccccc2)[C@@H]1OCc1ccccc1)[C@H](NC(=O)OCC1c2ccccc2-c2ccccc21)C(=O)Oc1c(F)c(F)c(F)c(F)c1F. The van der Waals surface area contributed by atoms with Crippen molar-refractivity contribution in [2.75, 3.05) is 13.2 Å². The zero-order valence-corrected chi connectivity index (χ0v) is 40.5. The molecule has 388 valence electrons. The van der Waals surface area contributed by atoms with Crippen molar-refractivity contribution in [3.05, 3.63) is 232 Å². The van der Waals surface area contributed by atoms with Crippen molar-refractivity contribution in [3.8, 4) is 16.9 Å². The fourth-order valence-corrected chi connectivity index (χ4v) is 9.12. The molecule has 9 rings (SSSR count). The predicted octanol–water partition coefficient (Wildman–Crippen LogP) is 11.3. The number of carbonyl (C=O) groups excluding carboxylic acids is 2. The van der Waals surface area contributed by atoms with Gasteiger partial charge in [0.05, 0.1) is 39.1 Å². The van der Waals surface area contributed by atoms with Crippen LogP contribution in [-0.4, -0.2) is 68.1 Å². The van der Waals surface area contributed by atoms with Gasteiger partial charge in [0.1, 0.15) is 31.0 Å². The van der Waals surface area contributed by atoms with E-state index >= 15 is 8.78 Å². The molecule has 11 nitrogen and oxygen atoms in total. The molecule has 7 aromatic rings. The van der Waals surface area contributed by atoms with E-state index < -0.39 is 95.7 Å². The van der Waals surface area contributed by atoms with Crippen molar-refractivity contribution in [2.24, 2.45) is 0 Å². The van der Waals surface area contributed by atoms with Gasteiger partial charge < -0.3 is 43.2 Å². The number of amides is 1. The van der Waals surface area contributed by atoms with Crippen molar-refractivity contribution >= 4 is 12.1 Å². The number of fused-ring (bicyclic) bond motifs is 3. The van der Waals surface area contributed by atoms with E-state index in [9.17, 15) is 22.8 Å². The fourth-order valence-electron chi connectivity index (χ4n) is 9.12. The van der Waals surface area contributed by atoms with E-state index in [4.69, 9.17) is 37.9 Å². The number of hydrogen-bond acceptors (Lipinski definition) is 10. The van der Waals surface area contributed by atoms with E-state index in [-0.39, 0.29) is 39.6 Å². The van der Waals surface area contributed by atoms with E-state index in [2.05, 4.69) is 5.32 Å². The van der Waals surface area contributed by atoms with Gasteiger partial charge in [-0.1, -0.05) is 170 Å². The Morgan fingerprint density at radius 1 is 0.520 bits per heavy atom. The standard InChI is InChI=1S/C59H52F5NO10/c1-36(52(57(66)75-54-50(63)48(61)47(60)49(62)51(54)64)65-59(67)72-34-45-43-28-16-14-26-41(43)42-27-15-17-29-44(42)45)73-58-56(71-33-40-24-12-5-13-25-40)55(70-32-39-22-10-4-11-23-39)53(69-31-38-20-8-3-9-21-38)46(74-58)35-68-30-37-18-6-2-7-19-37/h2-29,36,45-46,52-53,55-56,58H,30-35H2,1H3,(H,65,67)/t36-,46-,52+,53-,55+,56+,58+/m1/s1. The van der Waals surface area contributed by atoms with Gasteiger partial charge in [-0.15, -0.1) is 0 Å². The van der Waals surface area contributed by atoms with Crippen molar-refractivity contribution in [1.82, 2.24) is 5.32 Å². The lowest BCUT2D eigenvalue weighted by atomic mass is 9.97. The molecule has 0 aromatic heterocycles. The lowest BCUT2D eigenvalue weighted by molar-refractivity contribution is -0.336. The highest BCUT2D eigenvalue weighted by Crippen LogP contribution is 2.44. The molecule has 0 saturated carbocycles. The van der Waals surface area contributed by atoms with Crippen LogP contribution in [0.5, 0.6) is 5.75 Å². The molecule has 7 aromatic carbocycles. The van der Waals surface area contributed by atoms with Gasteiger partial charge in [-0.3, -0.25) is 0 Å². The molecule has 1 saturated heterocycles. The highest BCUT2D eigenvalue weighted by atomic mass is 19.2. The van der Waals surface area contributed by atoms with Gasteiger partial charge in [0, 0.05) is 5.92 Å². The predicted molar refractivity (Wildman–Crippen MR) is 264 cm³/mol. The minimum absolute atomic E-state index is 0.0153. The van der Waals surface area contributed by atoms with Gasteiger partial charge in [-0.25, -0.2) is 22.8 Å². The molecule has 1 aliphatic heterocycles. The number of rotatable bonds is 21. The van der Waals surface area contributed by atoms with Crippen LogP contribution in [0.15, 0.2) is 170 Å². The number of benzene rings is 7. The maximum Gasteiger partial charge on any atom is 0.407 e. The molecule has 0 bridgehead atoms. The molecular formula is C59H52F5NO10. The number of esters is 1. The minimum Gasteiger partial charge on any atom is -0.449 e. The Hall–Kier alpha value is -7.31. The highest BCUT2D eigenvalue weighted by molar-refractivity contribution is 5.84. The molecule has 0 spiro atoms. The molecule has 1 N–H and O–H groups in total. The van der Waals surface area contributed by atoms with Gasteiger partial charge in [0.2, 0.25) is 34.8 Å². The summed E-state index contributed by atoms with van der Waals surface area (Å²) in [7, 11) is 0. The van der Waals surface area contributed by atoms with Crippen LogP contribution in [0.2, 0.25) is 0 Å². The second kappa shape index (κ2) is 24.8. The van der Waals surface area contributed by atoms with Gasteiger partial charge >= 0.3 is 12.1 Å². The molecular weight excluding hydrogens is 978 g/mol. The fraction of sp³-hybridized carbons (Fsp3) is 0.254. The summed E-state index contributed by atoms with van der Waals surface area (Å²) in [6, 6.07) is 50.5. The number of nitrogens with one attached hydrogen (secondary N) is 1. The molecule has 2 aliphatic rings. The first-order valence-corrected chi connectivity index (χ1v) is 24.3. The van der Waals surface area contributed by atoms with Crippen molar-refractivity contribution in [1.29, 1.82) is 0 Å². The third kappa shape index (κ3) is 12.6. The summed E-state index contributed by atoms with van der Waals surface area (Å²) in [6.07, 6.45) is -8.46. The number of alkyl carbamates (subject to hydrolysis) is 1. The summed E-state index contributed by atoms with van der Waals surface area (Å²) in [6.45, 7) is 1.31. The van der Waals surface area contributed by atoms with E-state index in [1.165, 1.54) is 6.92 Å². The molecule has 0 unspecified atom stereocenters. The Balaban J connectivity index is 1.05. The van der Waals surface area contributed by atoms with Crippen LogP contribution in [0.1, 0.15) is 46.2 Å². The van der Waals surface area contributed by atoms with Crippen LogP contribution >= 0.6 is 0 Å². The highest BCUT2D eigenvalue weighted by Gasteiger charge is 2.50. The van der Waals surface area contributed by atoms with Crippen LogP contribution in [0.4, 0.5) is 26.7 Å². The van der Waals surface area contributed by atoms with Crippen LogP contribution in [0, 0.1) is 29.1 Å². The topological polar surface area (TPSA) is 120 Å².